The molecule has 2 heterocycles. The number of halogens is 3. The molecule has 0 fully saturated rings. The summed E-state index contributed by atoms with van der Waals surface area (Å²) in [6, 6.07) is 6.41. The van der Waals surface area contributed by atoms with Crippen molar-refractivity contribution in [3.8, 4) is 0 Å². The minimum Gasteiger partial charge on any atom is -0.381 e. The van der Waals surface area contributed by atoms with Gasteiger partial charge >= 0.3 is 0 Å². The van der Waals surface area contributed by atoms with E-state index in [1.54, 1.807) is 12.1 Å². The molecule has 0 radical (unpaired) electrons. The Hall–Kier alpha value is -3.24. The van der Waals surface area contributed by atoms with Crippen LogP contribution >= 0.6 is 11.6 Å². The Morgan fingerprint density at radius 1 is 1.20 bits per heavy atom. The molecule has 0 bridgehead atoms. The molecule has 2 atom stereocenters. The predicted octanol–water partition coefficient (Wildman–Crippen LogP) is 2.46. The molecule has 2 aromatic carbocycles. The van der Waals surface area contributed by atoms with Crippen LogP contribution in [-0.2, 0) is 12.1 Å². The summed E-state index contributed by atoms with van der Waals surface area (Å²) < 4.78 is 30.5. The van der Waals surface area contributed by atoms with Gasteiger partial charge < -0.3 is 5.11 Å². The average Bonchev–Trinajstić information content (AvgIpc) is 3.20. The van der Waals surface area contributed by atoms with Crippen LogP contribution in [-0.4, -0.2) is 34.9 Å². The minimum atomic E-state index is -2.02. The van der Waals surface area contributed by atoms with E-state index in [0.29, 0.717) is 16.6 Å². The first-order valence-electron chi connectivity index (χ1n) is 8.84. The van der Waals surface area contributed by atoms with E-state index in [1.807, 2.05) is 0 Å². The largest absolute Gasteiger partial charge is 0.381 e. The molecule has 0 amide bonds. The lowest BCUT2D eigenvalue weighted by atomic mass is 9.86. The molecule has 4 rings (SSSR count). The first kappa shape index (κ1) is 20.0. The Morgan fingerprint density at radius 2 is 2.00 bits per heavy atom. The Bertz CT molecular complexity index is 1280. The highest BCUT2D eigenvalue weighted by Crippen LogP contribution is 2.36. The van der Waals surface area contributed by atoms with Crippen LogP contribution in [0.2, 0.25) is 5.02 Å². The van der Waals surface area contributed by atoms with E-state index < -0.39 is 28.8 Å². The van der Waals surface area contributed by atoms with Gasteiger partial charge in [0.05, 0.1) is 29.8 Å². The quantitative estimate of drug-likeness (QED) is 0.520. The van der Waals surface area contributed by atoms with E-state index in [4.69, 9.17) is 11.6 Å². The number of rotatable bonds is 5. The molecule has 0 unspecified atom stereocenters. The first-order chi connectivity index (χ1) is 14.3. The van der Waals surface area contributed by atoms with Gasteiger partial charge in [-0.15, -0.1) is 5.10 Å². The van der Waals surface area contributed by atoms with E-state index in [1.165, 1.54) is 34.9 Å². The molecule has 2 aromatic heterocycles. The van der Waals surface area contributed by atoms with Crippen molar-refractivity contribution in [3.05, 3.63) is 81.6 Å². The van der Waals surface area contributed by atoms with Crippen LogP contribution in [0.15, 0.2) is 53.8 Å². The summed E-state index contributed by atoms with van der Waals surface area (Å²) in [5.74, 6) is -1.76. The molecule has 0 spiro atoms. The number of nitrogens with zero attached hydrogens (tertiary/aromatic N) is 6. The van der Waals surface area contributed by atoms with Crippen molar-refractivity contribution in [2.24, 2.45) is 0 Å². The van der Waals surface area contributed by atoms with Gasteiger partial charge in [-0.25, -0.2) is 18.4 Å². The second kappa shape index (κ2) is 7.54. The van der Waals surface area contributed by atoms with Crippen LogP contribution < -0.4 is 5.56 Å². The van der Waals surface area contributed by atoms with Crippen LogP contribution in [0.25, 0.3) is 10.9 Å². The third kappa shape index (κ3) is 3.44. The Kier molecular flexibility index (Phi) is 5.04. The molecule has 11 heteroatoms. The Balaban J connectivity index is 1.88. The molecule has 8 nitrogen and oxygen atoms in total. The maximum absolute atomic E-state index is 14.7. The topological polar surface area (TPSA) is 98.7 Å². The van der Waals surface area contributed by atoms with Crippen molar-refractivity contribution < 1.29 is 13.9 Å². The molecule has 154 valence electrons. The van der Waals surface area contributed by atoms with Gasteiger partial charge in [0.15, 0.2) is 0 Å². The smallest absolute Gasteiger partial charge is 0.261 e. The van der Waals surface area contributed by atoms with E-state index in [0.717, 1.165) is 12.1 Å². The molecule has 0 aliphatic heterocycles. The highest BCUT2D eigenvalue weighted by Gasteiger charge is 2.41. The third-order valence-corrected chi connectivity index (χ3v) is 5.28. The summed E-state index contributed by atoms with van der Waals surface area (Å²) in [6.45, 7) is 1.23. The number of hydrogen-bond donors (Lipinski definition) is 1. The fourth-order valence-electron chi connectivity index (χ4n) is 3.40. The normalized spacial score (nSPS) is 14.6. The number of benzene rings is 2. The highest BCUT2D eigenvalue weighted by atomic mass is 35.5. The van der Waals surface area contributed by atoms with Crippen molar-refractivity contribution in [3.63, 3.8) is 0 Å². The fraction of sp³-hybridized carbons (Fsp3) is 0.211. The lowest BCUT2D eigenvalue weighted by molar-refractivity contribution is -0.0346. The molecule has 0 saturated heterocycles. The summed E-state index contributed by atoms with van der Waals surface area (Å²) in [5, 5.41) is 23.0. The molecule has 0 saturated carbocycles. The molecule has 0 aliphatic rings. The highest BCUT2D eigenvalue weighted by molar-refractivity contribution is 6.31. The third-order valence-electron chi connectivity index (χ3n) is 5.05. The van der Waals surface area contributed by atoms with E-state index in [2.05, 4.69) is 20.5 Å². The van der Waals surface area contributed by atoms with Crippen LogP contribution in [0, 0.1) is 11.6 Å². The lowest BCUT2D eigenvalue weighted by Crippen LogP contribution is -2.43. The summed E-state index contributed by atoms with van der Waals surface area (Å²) >= 11 is 5.95. The zero-order valence-electron chi connectivity index (χ0n) is 15.6. The molecule has 30 heavy (non-hydrogen) atoms. The molecular formula is C19H15ClF2N6O2. The first-order valence-corrected chi connectivity index (χ1v) is 9.22. The van der Waals surface area contributed by atoms with Gasteiger partial charge in [0.25, 0.3) is 5.56 Å². The Labute approximate surface area is 173 Å². The van der Waals surface area contributed by atoms with Gasteiger partial charge in [-0.3, -0.25) is 9.36 Å². The van der Waals surface area contributed by atoms with Crippen molar-refractivity contribution in [2.75, 3.05) is 0 Å². The number of tetrazole rings is 1. The molecule has 1 N–H and O–H groups in total. The van der Waals surface area contributed by atoms with Gasteiger partial charge in [-0.05, 0) is 41.6 Å². The van der Waals surface area contributed by atoms with E-state index in [9.17, 15) is 18.7 Å². The van der Waals surface area contributed by atoms with Gasteiger partial charge in [0, 0.05) is 16.7 Å². The van der Waals surface area contributed by atoms with Crippen LogP contribution in [0.5, 0.6) is 0 Å². The standard InChI is InChI=1S/C19H15ClF2N6O2/c1-11(28-9-23-17-6-12(20)2-4-14(17)18(28)29)19(30,8-27-10-24-25-26-27)15-5-3-13(21)7-16(15)22/h2-7,9-11,30H,8H2,1H3/t11-,19-/m1/s1. The number of fused-ring (bicyclic) bond motifs is 1. The number of hydrogen-bond acceptors (Lipinski definition) is 6. The summed E-state index contributed by atoms with van der Waals surface area (Å²) in [7, 11) is 0. The fourth-order valence-corrected chi connectivity index (χ4v) is 3.56. The maximum atomic E-state index is 14.7. The monoisotopic (exact) mass is 432 g/mol. The van der Waals surface area contributed by atoms with E-state index in [-0.39, 0.29) is 17.5 Å². The van der Waals surface area contributed by atoms with Crippen molar-refractivity contribution in [2.45, 2.75) is 25.1 Å². The Morgan fingerprint density at radius 3 is 2.70 bits per heavy atom. The summed E-state index contributed by atoms with van der Waals surface area (Å²) in [4.78, 5) is 17.3. The van der Waals surface area contributed by atoms with Crippen molar-refractivity contribution in [1.29, 1.82) is 0 Å². The van der Waals surface area contributed by atoms with Crippen LogP contribution in [0.3, 0.4) is 0 Å². The SMILES string of the molecule is C[C@@H](n1cnc2cc(Cl)ccc2c1=O)[C@](O)(Cn1cnnn1)c1ccc(F)cc1F. The second-order valence-corrected chi connectivity index (χ2v) is 7.29. The van der Waals surface area contributed by atoms with Gasteiger partial charge in [-0.2, -0.15) is 0 Å². The summed E-state index contributed by atoms with van der Waals surface area (Å²) in [5.41, 5.74) is -2.30. The minimum absolute atomic E-state index is 0.213. The number of aromatic nitrogens is 6. The molecule has 0 aliphatic carbocycles. The van der Waals surface area contributed by atoms with Gasteiger partial charge in [-0.1, -0.05) is 17.7 Å². The lowest BCUT2D eigenvalue weighted by Gasteiger charge is -2.35. The molecule has 4 aromatic rings. The van der Waals surface area contributed by atoms with Gasteiger partial charge in [0.2, 0.25) is 0 Å². The summed E-state index contributed by atoms with van der Waals surface area (Å²) in [6.07, 6.45) is 2.49. The zero-order valence-corrected chi connectivity index (χ0v) is 16.3. The molecular weight excluding hydrogens is 418 g/mol. The van der Waals surface area contributed by atoms with Crippen LogP contribution in [0.4, 0.5) is 8.78 Å². The van der Waals surface area contributed by atoms with Gasteiger partial charge in [0.1, 0.15) is 23.6 Å². The van der Waals surface area contributed by atoms with Crippen molar-refractivity contribution in [1.82, 2.24) is 29.8 Å². The van der Waals surface area contributed by atoms with Crippen molar-refractivity contribution >= 4 is 22.5 Å². The zero-order chi connectivity index (χ0) is 21.5. The second-order valence-electron chi connectivity index (χ2n) is 6.85. The van der Waals surface area contributed by atoms with E-state index >= 15 is 0 Å². The number of aliphatic hydroxyl groups is 1. The average molecular weight is 433 g/mol. The predicted molar refractivity (Wildman–Crippen MR) is 104 cm³/mol. The maximum Gasteiger partial charge on any atom is 0.261 e. The van der Waals surface area contributed by atoms with Crippen LogP contribution in [0.1, 0.15) is 18.5 Å².